The Balaban J connectivity index is 0.553. The molecule has 122 heavy (non-hydrogen) atoms. The lowest BCUT2D eigenvalue weighted by molar-refractivity contribution is 0.660. The lowest BCUT2D eigenvalue weighted by Gasteiger charge is -2.29. The predicted octanol–water partition coefficient (Wildman–Crippen LogP) is 33.3. The molecule has 4 heteroatoms. The molecule has 0 saturated carbocycles. The summed E-state index contributed by atoms with van der Waals surface area (Å²) >= 11 is 0. The van der Waals surface area contributed by atoms with Crippen LogP contribution in [0.2, 0.25) is 0 Å². The molecular formula is C118H80N2O2. The van der Waals surface area contributed by atoms with Gasteiger partial charge in [0, 0.05) is 77.5 Å². The van der Waals surface area contributed by atoms with Gasteiger partial charge in [0.2, 0.25) is 0 Å². The van der Waals surface area contributed by atoms with Gasteiger partial charge in [0.15, 0.2) is 0 Å². The van der Waals surface area contributed by atoms with Gasteiger partial charge < -0.3 is 18.6 Å². The molecule has 0 radical (unpaired) electrons. The molecule has 0 saturated heterocycles. The third-order valence-electron chi connectivity index (χ3n) is 26.7. The van der Waals surface area contributed by atoms with Crippen molar-refractivity contribution < 1.29 is 8.83 Å². The van der Waals surface area contributed by atoms with E-state index < -0.39 is 0 Å². The SMILES string of the molecule is CC1(C)c2ccccc2-c2cc(-c3ccc(N(c4ccc(-c5cccc6c5ccc5cc(-c7ccc8oc9c(-c%10cccc(N(c%11ccc(-c%12cccc%13c%12ccc%12ccccc%12%13)cc%11)c%11ccccc%11-c%11ccc%12c(c%11)C(C)(C)c%11ccccc%11-%12)c%10)cccc9c8c7)ccc56)cc4)c4cccc(-c5cccc6c5oc5ccccc56)c4)cc3)ccc21. The lowest BCUT2D eigenvalue weighted by atomic mass is 9.81. The molecule has 0 aliphatic heterocycles. The molecule has 0 N–H and O–H groups in total. The van der Waals surface area contributed by atoms with E-state index in [9.17, 15) is 0 Å². The number of furan rings is 2. The van der Waals surface area contributed by atoms with Crippen molar-refractivity contribution in [3.63, 3.8) is 0 Å². The number of benzene rings is 20. The van der Waals surface area contributed by atoms with Gasteiger partial charge in [-0.05, 0) is 252 Å². The van der Waals surface area contributed by atoms with Crippen LogP contribution < -0.4 is 9.80 Å². The zero-order chi connectivity index (χ0) is 81.1. The number of nitrogens with zero attached hydrogens (tertiary/aromatic N) is 2. The fraction of sp³-hybridized carbons (Fsp3) is 0.0508. The number of anilines is 6. The van der Waals surface area contributed by atoms with Crippen molar-refractivity contribution >= 4 is 121 Å². The van der Waals surface area contributed by atoms with Crippen LogP contribution in [0.15, 0.2) is 421 Å². The van der Waals surface area contributed by atoms with Crippen molar-refractivity contribution in [2.24, 2.45) is 0 Å². The molecule has 0 bridgehead atoms. The van der Waals surface area contributed by atoms with Gasteiger partial charge in [-0.3, -0.25) is 0 Å². The van der Waals surface area contributed by atoms with E-state index in [1.807, 2.05) is 6.07 Å². The summed E-state index contributed by atoms with van der Waals surface area (Å²) in [5, 5.41) is 14.2. The number of hydrogen-bond donors (Lipinski definition) is 0. The van der Waals surface area contributed by atoms with Gasteiger partial charge in [0.05, 0.1) is 5.69 Å². The van der Waals surface area contributed by atoms with E-state index in [0.717, 1.165) is 123 Å². The van der Waals surface area contributed by atoms with Crippen LogP contribution in [0.4, 0.5) is 34.1 Å². The van der Waals surface area contributed by atoms with Crippen molar-refractivity contribution in [1.82, 2.24) is 0 Å². The molecule has 4 nitrogen and oxygen atoms in total. The van der Waals surface area contributed by atoms with Crippen LogP contribution in [0, 0.1) is 0 Å². The minimum atomic E-state index is -0.154. The van der Waals surface area contributed by atoms with Crippen LogP contribution in [-0.2, 0) is 10.8 Å². The quantitative estimate of drug-likeness (QED) is 0.108. The van der Waals surface area contributed by atoms with Crippen molar-refractivity contribution in [3.05, 3.63) is 435 Å². The van der Waals surface area contributed by atoms with Gasteiger partial charge in [0.25, 0.3) is 0 Å². The second-order valence-corrected chi connectivity index (χ2v) is 34.2. The highest BCUT2D eigenvalue weighted by atomic mass is 16.3. The predicted molar refractivity (Wildman–Crippen MR) is 514 cm³/mol. The molecule has 22 aromatic rings. The van der Waals surface area contributed by atoms with E-state index in [2.05, 4.69) is 444 Å². The first-order valence-electron chi connectivity index (χ1n) is 42.4. The Hall–Kier alpha value is -15.4. The van der Waals surface area contributed by atoms with Gasteiger partial charge in [-0.1, -0.05) is 337 Å². The zero-order valence-electron chi connectivity index (χ0n) is 68.0. The summed E-state index contributed by atoms with van der Waals surface area (Å²) in [4.78, 5) is 4.83. The fourth-order valence-corrected chi connectivity index (χ4v) is 20.6. The molecule has 0 atom stereocenters. The second-order valence-electron chi connectivity index (χ2n) is 34.2. The monoisotopic (exact) mass is 1560 g/mol. The van der Waals surface area contributed by atoms with E-state index >= 15 is 0 Å². The van der Waals surface area contributed by atoms with E-state index in [1.165, 1.54) is 121 Å². The summed E-state index contributed by atoms with van der Waals surface area (Å²) in [5.74, 6) is 0. The summed E-state index contributed by atoms with van der Waals surface area (Å²) in [5.41, 5.74) is 36.3. The van der Waals surface area contributed by atoms with Crippen LogP contribution in [0.25, 0.3) is 187 Å². The van der Waals surface area contributed by atoms with Crippen LogP contribution in [0.1, 0.15) is 49.9 Å². The Morgan fingerprint density at radius 2 is 0.590 bits per heavy atom. The molecule has 2 aromatic heterocycles. The molecule has 574 valence electrons. The maximum Gasteiger partial charge on any atom is 0.143 e. The Labute approximate surface area is 708 Å². The Bertz CT molecular complexity index is 8070. The highest BCUT2D eigenvalue weighted by molar-refractivity contribution is 6.16. The number of fused-ring (bicyclic) bond motifs is 18. The van der Waals surface area contributed by atoms with Crippen molar-refractivity contribution in [3.8, 4) is 100 Å². The topological polar surface area (TPSA) is 32.8 Å². The van der Waals surface area contributed by atoms with Gasteiger partial charge >= 0.3 is 0 Å². The molecule has 24 rings (SSSR count). The minimum Gasteiger partial charge on any atom is -0.455 e. The first kappa shape index (κ1) is 70.8. The summed E-state index contributed by atoms with van der Waals surface area (Å²) in [7, 11) is 0. The molecule has 0 spiro atoms. The van der Waals surface area contributed by atoms with Gasteiger partial charge in [-0.25, -0.2) is 0 Å². The van der Waals surface area contributed by atoms with Crippen LogP contribution >= 0.6 is 0 Å². The van der Waals surface area contributed by atoms with E-state index in [-0.39, 0.29) is 10.8 Å². The standard InChI is InChI=1S/C118H80N2O2/c1-117(2)109-40-12-8-29-101(109)106-70-78(53-65-110(106)117)73-43-55-84(56-44-73)119(87-24-15-22-80(68-87)94-33-19-37-104-103-30-10-14-42-113(103)121-115(94)104)85-57-45-75(46-58-85)91-32-18-36-97-92-61-50-77(67-82(92)51-63-99(91)97)79-54-66-114-107(71-79)105-38-20-34-95(116(105)122-114)81-23-16-25-88(69-81)120(86-59-47-76(48-60-86)90-31-17-35-96-89-26-6-5-21-74(89)49-62-98(90)96)112-41-13-9-27-93(112)83-52-64-102-100-28-7-11-39-108(100)118(3,4)111(102)72-83/h5-72H,1-4H3. The largest absolute Gasteiger partial charge is 0.455 e. The lowest BCUT2D eigenvalue weighted by Crippen LogP contribution is -2.15. The maximum absolute atomic E-state index is 7.05. The highest BCUT2D eigenvalue weighted by Gasteiger charge is 2.37. The van der Waals surface area contributed by atoms with Crippen LogP contribution in [0.5, 0.6) is 0 Å². The molecule has 2 heterocycles. The Morgan fingerprint density at radius 3 is 1.25 bits per heavy atom. The van der Waals surface area contributed by atoms with Crippen LogP contribution in [0.3, 0.4) is 0 Å². The molecule has 0 unspecified atom stereocenters. The molecule has 0 fully saturated rings. The summed E-state index contributed by atoms with van der Waals surface area (Å²) < 4.78 is 13.7. The molecule has 0 amide bonds. The summed E-state index contributed by atoms with van der Waals surface area (Å²) in [6.07, 6.45) is 0. The average molecular weight is 1560 g/mol. The normalized spacial score (nSPS) is 13.0. The van der Waals surface area contributed by atoms with E-state index in [0.29, 0.717) is 0 Å². The minimum absolute atomic E-state index is 0.0551. The zero-order valence-corrected chi connectivity index (χ0v) is 68.0. The second kappa shape index (κ2) is 27.6. The van der Waals surface area contributed by atoms with Crippen molar-refractivity contribution in [1.29, 1.82) is 0 Å². The highest BCUT2D eigenvalue weighted by Crippen LogP contribution is 2.54. The van der Waals surface area contributed by atoms with Crippen molar-refractivity contribution in [2.75, 3.05) is 9.80 Å². The summed E-state index contributed by atoms with van der Waals surface area (Å²) in [6.45, 7) is 9.42. The number of hydrogen-bond acceptors (Lipinski definition) is 4. The molecular weight excluding hydrogens is 1480 g/mol. The number of para-hydroxylation sites is 4. The maximum atomic E-state index is 7.05. The summed E-state index contributed by atoms with van der Waals surface area (Å²) in [6, 6.07) is 152. The fourth-order valence-electron chi connectivity index (χ4n) is 20.6. The molecule has 20 aromatic carbocycles. The van der Waals surface area contributed by atoms with E-state index in [4.69, 9.17) is 8.83 Å². The van der Waals surface area contributed by atoms with Gasteiger partial charge in [-0.2, -0.15) is 0 Å². The first-order chi connectivity index (χ1) is 60.0. The van der Waals surface area contributed by atoms with Crippen molar-refractivity contribution in [2.45, 2.75) is 38.5 Å². The average Bonchev–Trinajstić information content (AvgIpc) is 1.60. The smallest absolute Gasteiger partial charge is 0.143 e. The van der Waals surface area contributed by atoms with Crippen LogP contribution in [-0.4, -0.2) is 0 Å². The Kier molecular flexibility index (Phi) is 16.0. The van der Waals surface area contributed by atoms with Gasteiger partial charge in [0.1, 0.15) is 22.3 Å². The third-order valence-corrected chi connectivity index (χ3v) is 26.7. The Morgan fingerprint density at radius 1 is 0.180 bits per heavy atom. The third kappa shape index (κ3) is 11.3. The number of rotatable bonds is 13. The molecule has 2 aliphatic carbocycles. The first-order valence-corrected chi connectivity index (χ1v) is 42.4. The van der Waals surface area contributed by atoms with E-state index in [1.54, 1.807) is 0 Å². The van der Waals surface area contributed by atoms with Gasteiger partial charge in [-0.15, -0.1) is 0 Å². The molecule has 2 aliphatic rings.